The van der Waals surface area contributed by atoms with Gasteiger partial charge in [0.05, 0.1) is 13.0 Å². The second-order valence-corrected chi connectivity index (χ2v) is 9.30. The van der Waals surface area contributed by atoms with Gasteiger partial charge in [-0.05, 0) is 30.7 Å². The van der Waals surface area contributed by atoms with Gasteiger partial charge in [-0.15, -0.1) is 11.8 Å². The molecule has 5 nitrogen and oxygen atoms in total. The van der Waals surface area contributed by atoms with E-state index in [1.165, 1.54) is 0 Å². The van der Waals surface area contributed by atoms with Crippen LogP contribution in [0.15, 0.2) is 47.5 Å². The van der Waals surface area contributed by atoms with Gasteiger partial charge in [0, 0.05) is 38.5 Å². The summed E-state index contributed by atoms with van der Waals surface area (Å²) in [6.45, 7) is 9.14. The summed E-state index contributed by atoms with van der Waals surface area (Å²) in [5, 5.41) is 1.10. The SMILES string of the molecule is CCOC(=O)Cc1[nH]c2ccc(COc3ccccn3)cc2c1SC(C)(C)C. The maximum Gasteiger partial charge on any atom is 0.311 e. The molecular weight excluding hydrogens is 372 g/mol. The fourth-order valence-electron chi connectivity index (χ4n) is 2.85. The van der Waals surface area contributed by atoms with Crippen LogP contribution in [0.3, 0.4) is 0 Å². The van der Waals surface area contributed by atoms with E-state index in [2.05, 4.69) is 36.8 Å². The van der Waals surface area contributed by atoms with Crippen molar-refractivity contribution in [1.29, 1.82) is 0 Å². The van der Waals surface area contributed by atoms with Crippen molar-refractivity contribution < 1.29 is 14.3 Å². The van der Waals surface area contributed by atoms with Gasteiger partial charge in [-0.25, -0.2) is 4.98 Å². The lowest BCUT2D eigenvalue weighted by molar-refractivity contribution is -0.142. The standard InChI is InChI=1S/C22H26N2O3S/c1-5-26-20(25)13-18-21(28-22(2,3)4)16-12-15(9-10-17(16)24-18)14-27-19-8-6-7-11-23-19/h6-12,24H,5,13-14H2,1-4H3. The van der Waals surface area contributed by atoms with E-state index >= 15 is 0 Å². The van der Waals surface area contributed by atoms with Gasteiger partial charge in [-0.1, -0.05) is 32.9 Å². The fraction of sp³-hybridized carbons (Fsp3) is 0.364. The molecule has 1 aromatic carbocycles. The van der Waals surface area contributed by atoms with Gasteiger partial charge in [0.25, 0.3) is 0 Å². The highest BCUT2D eigenvalue weighted by Crippen LogP contribution is 2.40. The molecule has 0 aliphatic carbocycles. The number of benzene rings is 1. The van der Waals surface area contributed by atoms with Crippen LogP contribution in [0.1, 0.15) is 39.0 Å². The molecule has 0 aliphatic rings. The van der Waals surface area contributed by atoms with Gasteiger partial charge >= 0.3 is 5.97 Å². The quantitative estimate of drug-likeness (QED) is 0.441. The Morgan fingerprint density at radius 1 is 1.21 bits per heavy atom. The van der Waals surface area contributed by atoms with E-state index in [1.807, 2.05) is 37.3 Å². The number of carbonyl (C=O) groups is 1. The first-order valence-electron chi connectivity index (χ1n) is 9.37. The number of nitrogens with zero attached hydrogens (tertiary/aromatic N) is 1. The second-order valence-electron chi connectivity index (χ2n) is 7.47. The van der Waals surface area contributed by atoms with E-state index in [9.17, 15) is 4.79 Å². The topological polar surface area (TPSA) is 64.2 Å². The molecule has 148 valence electrons. The summed E-state index contributed by atoms with van der Waals surface area (Å²) in [6, 6.07) is 11.8. The van der Waals surface area contributed by atoms with E-state index in [0.29, 0.717) is 19.1 Å². The minimum Gasteiger partial charge on any atom is -0.473 e. The third-order valence-corrected chi connectivity index (χ3v) is 5.23. The molecule has 0 unspecified atom stereocenters. The minimum absolute atomic E-state index is 0.0129. The number of esters is 1. The molecule has 28 heavy (non-hydrogen) atoms. The molecular formula is C22H26N2O3S. The number of thioether (sulfide) groups is 1. The van der Waals surface area contributed by atoms with E-state index in [4.69, 9.17) is 9.47 Å². The van der Waals surface area contributed by atoms with Crippen molar-refractivity contribution in [2.24, 2.45) is 0 Å². The highest BCUT2D eigenvalue weighted by molar-refractivity contribution is 8.00. The maximum absolute atomic E-state index is 12.1. The molecule has 0 atom stereocenters. The van der Waals surface area contributed by atoms with Crippen molar-refractivity contribution >= 4 is 28.6 Å². The number of carbonyl (C=O) groups excluding carboxylic acids is 1. The predicted molar refractivity (Wildman–Crippen MR) is 113 cm³/mol. The van der Waals surface area contributed by atoms with Crippen molar-refractivity contribution in [2.75, 3.05) is 6.61 Å². The Morgan fingerprint density at radius 3 is 2.71 bits per heavy atom. The molecule has 0 saturated heterocycles. The summed E-state index contributed by atoms with van der Waals surface area (Å²) in [4.78, 5) is 20.7. The molecule has 2 heterocycles. The third kappa shape index (κ3) is 5.29. The molecule has 0 saturated carbocycles. The summed E-state index contributed by atoms with van der Waals surface area (Å²) in [5.74, 6) is 0.382. The molecule has 1 N–H and O–H groups in total. The van der Waals surface area contributed by atoms with Crippen LogP contribution in [0.4, 0.5) is 0 Å². The Kier molecular flexibility index (Phi) is 6.29. The largest absolute Gasteiger partial charge is 0.473 e. The lowest BCUT2D eigenvalue weighted by Gasteiger charge is -2.18. The van der Waals surface area contributed by atoms with Gasteiger partial charge in [0.2, 0.25) is 5.88 Å². The van der Waals surface area contributed by atoms with E-state index in [-0.39, 0.29) is 17.1 Å². The molecule has 0 radical (unpaired) electrons. The van der Waals surface area contributed by atoms with Crippen LogP contribution >= 0.6 is 11.8 Å². The number of pyridine rings is 1. The lowest BCUT2D eigenvalue weighted by Crippen LogP contribution is -2.11. The molecule has 0 amide bonds. The Bertz CT molecular complexity index is 946. The number of rotatable bonds is 7. The minimum atomic E-state index is -0.219. The number of fused-ring (bicyclic) bond motifs is 1. The van der Waals surface area contributed by atoms with Crippen LogP contribution in [-0.4, -0.2) is 27.3 Å². The summed E-state index contributed by atoms with van der Waals surface area (Å²) in [5.41, 5.74) is 2.96. The van der Waals surface area contributed by atoms with E-state index in [1.54, 1.807) is 18.0 Å². The normalized spacial score (nSPS) is 11.6. The van der Waals surface area contributed by atoms with E-state index < -0.39 is 0 Å². The molecule has 3 aromatic rings. The monoisotopic (exact) mass is 398 g/mol. The first-order valence-corrected chi connectivity index (χ1v) is 10.2. The number of aromatic nitrogens is 2. The number of hydrogen-bond donors (Lipinski definition) is 1. The summed E-state index contributed by atoms with van der Waals surface area (Å²) >= 11 is 1.75. The maximum atomic E-state index is 12.1. The Balaban J connectivity index is 1.91. The van der Waals surface area contributed by atoms with Gasteiger partial charge < -0.3 is 14.5 Å². The van der Waals surface area contributed by atoms with Crippen molar-refractivity contribution in [3.05, 3.63) is 53.9 Å². The number of aromatic amines is 1. The molecule has 0 fully saturated rings. The van der Waals surface area contributed by atoms with Crippen molar-refractivity contribution in [3.8, 4) is 5.88 Å². The molecule has 0 bridgehead atoms. The molecule has 0 aliphatic heterocycles. The molecule has 6 heteroatoms. The Hall–Kier alpha value is -2.47. The van der Waals surface area contributed by atoms with Crippen molar-refractivity contribution in [3.63, 3.8) is 0 Å². The number of nitrogens with one attached hydrogen (secondary N) is 1. The van der Waals surface area contributed by atoms with Crippen LogP contribution in [0.2, 0.25) is 0 Å². The summed E-state index contributed by atoms with van der Waals surface area (Å²) in [6.07, 6.45) is 1.95. The van der Waals surface area contributed by atoms with Crippen LogP contribution in [0.25, 0.3) is 10.9 Å². The number of H-pyrrole nitrogens is 1. The van der Waals surface area contributed by atoms with E-state index in [0.717, 1.165) is 27.1 Å². The zero-order valence-corrected chi connectivity index (χ0v) is 17.6. The van der Waals surface area contributed by atoms with Crippen molar-refractivity contribution in [1.82, 2.24) is 9.97 Å². The smallest absolute Gasteiger partial charge is 0.311 e. The lowest BCUT2D eigenvalue weighted by atomic mass is 10.1. The van der Waals surface area contributed by atoms with Crippen LogP contribution in [0, 0.1) is 0 Å². The average molecular weight is 399 g/mol. The fourth-order valence-corrected chi connectivity index (χ4v) is 3.99. The summed E-state index contributed by atoms with van der Waals surface area (Å²) in [7, 11) is 0. The average Bonchev–Trinajstić information content (AvgIpc) is 2.96. The summed E-state index contributed by atoms with van der Waals surface area (Å²) < 4.78 is 10.9. The highest BCUT2D eigenvalue weighted by atomic mass is 32.2. The zero-order chi connectivity index (χ0) is 20.1. The highest BCUT2D eigenvalue weighted by Gasteiger charge is 2.21. The Labute approximate surface area is 169 Å². The van der Waals surface area contributed by atoms with Gasteiger partial charge in [0.1, 0.15) is 6.61 Å². The van der Waals surface area contributed by atoms with Gasteiger partial charge in [-0.3, -0.25) is 4.79 Å². The van der Waals surface area contributed by atoms with Gasteiger partial charge in [-0.2, -0.15) is 0 Å². The van der Waals surface area contributed by atoms with Crippen LogP contribution in [-0.2, 0) is 22.6 Å². The third-order valence-electron chi connectivity index (χ3n) is 3.95. The Morgan fingerprint density at radius 2 is 2.04 bits per heavy atom. The predicted octanol–water partition coefficient (Wildman–Crippen LogP) is 5.14. The number of hydrogen-bond acceptors (Lipinski definition) is 5. The molecule has 2 aromatic heterocycles. The van der Waals surface area contributed by atoms with Crippen LogP contribution in [0.5, 0.6) is 5.88 Å². The number of ether oxygens (including phenoxy) is 2. The first kappa shape index (κ1) is 20.3. The molecule has 0 spiro atoms. The van der Waals surface area contributed by atoms with Crippen LogP contribution < -0.4 is 4.74 Å². The van der Waals surface area contributed by atoms with Gasteiger partial charge in [0.15, 0.2) is 0 Å². The molecule has 3 rings (SSSR count). The first-order chi connectivity index (χ1) is 13.4. The zero-order valence-electron chi connectivity index (χ0n) is 16.7. The van der Waals surface area contributed by atoms with Crippen molar-refractivity contribution in [2.45, 2.75) is 50.4 Å². The second kappa shape index (κ2) is 8.69.